The molecule has 0 amide bonds. The molecular weight excluding hydrogens is 448 g/mol. The lowest BCUT2D eigenvalue weighted by atomic mass is 10.2. The molecule has 0 spiro atoms. The normalized spacial score (nSPS) is 12.3. The van der Waals surface area contributed by atoms with E-state index in [4.69, 9.17) is 23.2 Å². The number of fused-ring (bicyclic) bond motifs is 1. The van der Waals surface area contributed by atoms with Gasteiger partial charge >= 0.3 is 7.60 Å². The van der Waals surface area contributed by atoms with Crippen molar-refractivity contribution in [1.82, 2.24) is 10.2 Å². The van der Waals surface area contributed by atoms with Gasteiger partial charge in [0.15, 0.2) is 0 Å². The van der Waals surface area contributed by atoms with Gasteiger partial charge < -0.3 is 9.79 Å². The summed E-state index contributed by atoms with van der Waals surface area (Å²) in [4.78, 5) is 18.7. The highest BCUT2D eigenvalue weighted by molar-refractivity contribution is 7.93. The number of hydrogen-bond acceptors (Lipinski definition) is 5. The average molecular weight is 462 g/mol. The molecular formula is C16H14Cl2N3O5PS. The molecule has 0 bridgehead atoms. The zero-order chi connectivity index (χ0) is 20.7. The minimum atomic E-state index is -4.77. The van der Waals surface area contributed by atoms with Crippen molar-refractivity contribution in [3.63, 3.8) is 0 Å². The van der Waals surface area contributed by atoms with Crippen molar-refractivity contribution < 1.29 is 22.8 Å². The molecule has 0 aliphatic carbocycles. The fraction of sp³-hybridized carbons (Fsp3) is 0.125. The highest BCUT2D eigenvalue weighted by Crippen LogP contribution is 2.41. The van der Waals surface area contributed by atoms with Crippen LogP contribution in [0.5, 0.6) is 0 Å². The molecule has 0 saturated heterocycles. The maximum Gasteiger partial charge on any atom is 0.345 e. The number of halogens is 2. The van der Waals surface area contributed by atoms with E-state index in [9.17, 15) is 22.8 Å². The van der Waals surface area contributed by atoms with Gasteiger partial charge in [-0.3, -0.25) is 8.87 Å². The van der Waals surface area contributed by atoms with Gasteiger partial charge in [0.1, 0.15) is 6.29 Å². The van der Waals surface area contributed by atoms with E-state index in [1.54, 1.807) is 19.1 Å². The number of aryl methyl sites for hydroxylation is 1. The van der Waals surface area contributed by atoms with E-state index in [2.05, 4.69) is 10.2 Å². The van der Waals surface area contributed by atoms with Crippen LogP contribution in [0.15, 0.2) is 47.4 Å². The molecule has 0 atom stereocenters. The molecule has 3 rings (SSSR count). The monoisotopic (exact) mass is 461 g/mol. The predicted octanol–water partition coefficient (Wildman–Crippen LogP) is 3.58. The summed E-state index contributed by atoms with van der Waals surface area (Å²) in [6.07, 6.45) is -1.07. The molecule has 0 radical (unpaired) electrons. The second kappa shape index (κ2) is 7.59. The van der Waals surface area contributed by atoms with E-state index >= 15 is 0 Å². The molecule has 12 heteroatoms. The van der Waals surface area contributed by atoms with E-state index in [1.165, 1.54) is 18.2 Å². The van der Waals surface area contributed by atoms with Crippen molar-refractivity contribution in [2.45, 2.75) is 11.8 Å². The number of benzene rings is 2. The van der Waals surface area contributed by atoms with Gasteiger partial charge in [-0.05, 0) is 43.3 Å². The number of sulfonamides is 1. The van der Waals surface area contributed by atoms with E-state index in [-0.39, 0.29) is 20.6 Å². The molecule has 8 nitrogen and oxygen atoms in total. The first-order valence-corrected chi connectivity index (χ1v) is 11.7. The summed E-state index contributed by atoms with van der Waals surface area (Å²) in [5.74, 6) is 0. The van der Waals surface area contributed by atoms with Crippen LogP contribution in [0.1, 0.15) is 5.69 Å². The molecule has 0 fully saturated rings. The Morgan fingerprint density at radius 2 is 1.71 bits per heavy atom. The van der Waals surface area contributed by atoms with Crippen LogP contribution in [0.4, 0.5) is 5.69 Å². The molecule has 1 aromatic heterocycles. The summed E-state index contributed by atoms with van der Waals surface area (Å²) in [5.41, 5.74) is 0.937. The van der Waals surface area contributed by atoms with Gasteiger partial charge in [-0.25, -0.2) is 8.42 Å². The topological polar surface area (TPSA) is 121 Å². The van der Waals surface area contributed by atoms with Gasteiger partial charge in [-0.1, -0.05) is 29.3 Å². The number of anilines is 1. The van der Waals surface area contributed by atoms with Crippen molar-refractivity contribution in [1.29, 1.82) is 0 Å². The number of nitrogens with zero attached hydrogens (tertiary/aromatic N) is 3. The first kappa shape index (κ1) is 21.0. The zero-order valence-corrected chi connectivity index (χ0v) is 17.5. The van der Waals surface area contributed by atoms with Gasteiger partial charge in [-0.15, -0.1) is 0 Å². The summed E-state index contributed by atoms with van der Waals surface area (Å²) in [5, 5.41) is 8.43. The van der Waals surface area contributed by atoms with E-state index in [0.29, 0.717) is 20.9 Å². The Morgan fingerprint density at radius 3 is 2.32 bits per heavy atom. The lowest BCUT2D eigenvalue weighted by molar-refractivity contribution is 0.373. The van der Waals surface area contributed by atoms with Gasteiger partial charge in [0.05, 0.1) is 21.8 Å². The van der Waals surface area contributed by atoms with Gasteiger partial charge in [0.25, 0.3) is 10.0 Å². The van der Waals surface area contributed by atoms with Crippen LogP contribution in [0.25, 0.3) is 10.9 Å². The third kappa shape index (κ3) is 4.46. The molecule has 0 unspecified atom stereocenters. The highest BCUT2D eigenvalue weighted by atomic mass is 35.5. The maximum absolute atomic E-state index is 13.3. The molecule has 0 saturated carbocycles. The van der Waals surface area contributed by atoms with E-state index in [0.717, 1.165) is 12.1 Å². The number of hydrogen-bond donors (Lipinski definition) is 2. The van der Waals surface area contributed by atoms with Crippen molar-refractivity contribution in [3.05, 3.63) is 58.2 Å². The second-order valence-corrected chi connectivity index (χ2v) is 10.3. The summed E-state index contributed by atoms with van der Waals surface area (Å²) < 4.78 is 38.9. The molecule has 0 aliphatic heterocycles. The molecule has 1 heterocycles. The van der Waals surface area contributed by atoms with Crippen LogP contribution >= 0.6 is 30.8 Å². The Balaban J connectivity index is 2.29. The van der Waals surface area contributed by atoms with Crippen molar-refractivity contribution >= 4 is 57.4 Å². The predicted molar refractivity (Wildman–Crippen MR) is 107 cm³/mol. The van der Waals surface area contributed by atoms with Crippen LogP contribution in [0.3, 0.4) is 0 Å². The Hall–Kier alpha value is -1.74. The minimum absolute atomic E-state index is 0.0509. The lowest BCUT2D eigenvalue weighted by Crippen LogP contribution is -2.32. The lowest BCUT2D eigenvalue weighted by Gasteiger charge is -2.26. The van der Waals surface area contributed by atoms with Crippen LogP contribution in [-0.2, 0) is 14.6 Å². The molecule has 28 heavy (non-hydrogen) atoms. The summed E-state index contributed by atoms with van der Waals surface area (Å²) in [6, 6.07) is 9.83. The molecule has 148 valence electrons. The first-order chi connectivity index (χ1) is 13.0. The Labute approximate surface area is 170 Å². The van der Waals surface area contributed by atoms with Crippen molar-refractivity contribution in [3.8, 4) is 0 Å². The van der Waals surface area contributed by atoms with Gasteiger partial charge in [0.2, 0.25) is 0 Å². The second-order valence-electron chi connectivity index (χ2n) is 5.96. The minimum Gasteiger partial charge on any atom is -0.323 e. The highest BCUT2D eigenvalue weighted by Gasteiger charge is 2.32. The third-order valence-electron chi connectivity index (χ3n) is 3.73. The van der Waals surface area contributed by atoms with Crippen LogP contribution in [0, 0.1) is 6.92 Å². The molecule has 0 aliphatic rings. The number of aromatic nitrogens is 2. The third-order valence-corrected chi connectivity index (χ3v) is 6.75. The quantitative estimate of drug-likeness (QED) is 0.556. The van der Waals surface area contributed by atoms with Crippen molar-refractivity contribution in [2.24, 2.45) is 0 Å². The fourth-order valence-corrected chi connectivity index (χ4v) is 6.04. The zero-order valence-electron chi connectivity index (χ0n) is 14.3. The van der Waals surface area contributed by atoms with Crippen molar-refractivity contribution in [2.75, 3.05) is 10.6 Å². The first-order valence-electron chi connectivity index (χ1n) is 7.74. The van der Waals surface area contributed by atoms with E-state index < -0.39 is 23.9 Å². The maximum atomic E-state index is 13.3. The molecule has 2 aromatic carbocycles. The largest absolute Gasteiger partial charge is 0.345 e. The fourth-order valence-electron chi connectivity index (χ4n) is 2.62. The van der Waals surface area contributed by atoms with Gasteiger partial charge in [-0.2, -0.15) is 10.2 Å². The SMILES string of the molecule is Cc1cc2c(N(CP(=O)(O)O)S(=O)(=O)c3cc(Cl)cc(Cl)c3)cccc2nn1. The number of rotatable bonds is 5. The Bertz CT molecular complexity index is 1200. The summed E-state index contributed by atoms with van der Waals surface area (Å²) >= 11 is 11.8. The van der Waals surface area contributed by atoms with Crippen LogP contribution in [0.2, 0.25) is 10.0 Å². The smallest absolute Gasteiger partial charge is 0.323 e. The van der Waals surface area contributed by atoms with Crippen LogP contribution < -0.4 is 4.31 Å². The van der Waals surface area contributed by atoms with Crippen LogP contribution in [-0.4, -0.2) is 34.7 Å². The molecule has 2 N–H and O–H groups in total. The summed E-state index contributed by atoms with van der Waals surface area (Å²) in [7, 11) is -9.19. The standard InChI is InChI=1S/C16H14Cl2N3O5PS/c1-10-5-14-15(20-19-10)3-2-4-16(14)21(9-27(22,23)24)28(25,26)13-7-11(17)6-12(18)8-13/h2-8H,9H2,1H3,(H2,22,23,24). The molecule has 3 aromatic rings. The Morgan fingerprint density at radius 1 is 1.07 bits per heavy atom. The van der Waals surface area contributed by atoms with E-state index in [1.807, 2.05) is 0 Å². The summed E-state index contributed by atoms with van der Waals surface area (Å²) in [6.45, 7) is 1.67. The average Bonchev–Trinajstić information content (AvgIpc) is 2.57. The van der Waals surface area contributed by atoms with Gasteiger partial charge in [0, 0.05) is 15.4 Å². The Kier molecular flexibility index (Phi) is 5.69.